The predicted octanol–water partition coefficient (Wildman–Crippen LogP) is 3.53. The van der Waals surface area contributed by atoms with E-state index in [1.54, 1.807) is 0 Å². The first kappa shape index (κ1) is 12.0. The number of ether oxygens (including phenoxy) is 1. The Morgan fingerprint density at radius 3 is 2.60 bits per heavy atom. The van der Waals surface area contributed by atoms with E-state index in [0.717, 1.165) is 18.8 Å². The summed E-state index contributed by atoms with van der Waals surface area (Å²) in [4.78, 5) is 2.36. The second-order valence-electron chi connectivity index (χ2n) is 5.83. The third-order valence-corrected chi connectivity index (χ3v) is 4.32. The standard InChI is InChI=1S/C18H19NO/c1-2-5-14(6-3-1)11-19-12-17-9-15-7-4-8-16(15)10-18(17)20-13-19/h1-3,5-6,9-10H,4,7-8,11-13H2. The van der Waals surface area contributed by atoms with Crippen LogP contribution in [0.15, 0.2) is 42.5 Å². The fourth-order valence-corrected chi connectivity index (χ4v) is 3.30. The molecule has 0 fully saturated rings. The minimum absolute atomic E-state index is 0.695. The zero-order valence-electron chi connectivity index (χ0n) is 11.6. The van der Waals surface area contributed by atoms with E-state index in [1.165, 1.54) is 41.5 Å². The molecule has 1 aliphatic heterocycles. The highest BCUT2D eigenvalue weighted by Gasteiger charge is 2.21. The largest absolute Gasteiger partial charge is 0.478 e. The third kappa shape index (κ3) is 2.20. The van der Waals surface area contributed by atoms with Crippen LogP contribution in [0.3, 0.4) is 0 Å². The summed E-state index contributed by atoms with van der Waals surface area (Å²) >= 11 is 0. The van der Waals surface area contributed by atoms with Gasteiger partial charge in [-0.2, -0.15) is 0 Å². The van der Waals surface area contributed by atoms with E-state index < -0.39 is 0 Å². The molecule has 2 aromatic rings. The van der Waals surface area contributed by atoms with Crippen LogP contribution in [0.5, 0.6) is 5.75 Å². The second kappa shape index (κ2) is 4.95. The summed E-state index contributed by atoms with van der Waals surface area (Å²) in [6.45, 7) is 2.65. The van der Waals surface area contributed by atoms with Gasteiger partial charge in [-0.05, 0) is 42.0 Å². The van der Waals surface area contributed by atoms with Crippen LogP contribution in [-0.4, -0.2) is 11.6 Å². The van der Waals surface area contributed by atoms with Crippen molar-refractivity contribution < 1.29 is 4.74 Å². The molecule has 2 aromatic carbocycles. The van der Waals surface area contributed by atoms with Crippen molar-refractivity contribution in [1.29, 1.82) is 0 Å². The fourth-order valence-electron chi connectivity index (χ4n) is 3.30. The number of fused-ring (bicyclic) bond motifs is 2. The van der Waals surface area contributed by atoms with Crippen molar-refractivity contribution >= 4 is 0 Å². The first-order chi connectivity index (χ1) is 9.88. The third-order valence-electron chi connectivity index (χ3n) is 4.32. The van der Waals surface area contributed by atoms with Gasteiger partial charge in [0.1, 0.15) is 12.5 Å². The average Bonchev–Trinajstić information content (AvgIpc) is 2.93. The van der Waals surface area contributed by atoms with Gasteiger partial charge in [0.2, 0.25) is 0 Å². The summed E-state index contributed by atoms with van der Waals surface area (Å²) in [5.74, 6) is 1.11. The topological polar surface area (TPSA) is 12.5 Å². The maximum absolute atomic E-state index is 5.96. The summed E-state index contributed by atoms with van der Waals surface area (Å²) in [6, 6.07) is 15.3. The van der Waals surface area contributed by atoms with Gasteiger partial charge in [-0.3, -0.25) is 4.90 Å². The Morgan fingerprint density at radius 1 is 0.950 bits per heavy atom. The highest BCUT2D eigenvalue weighted by molar-refractivity contribution is 5.45. The highest BCUT2D eigenvalue weighted by Crippen LogP contribution is 2.33. The molecule has 0 unspecified atom stereocenters. The first-order valence-electron chi connectivity index (χ1n) is 7.42. The fraction of sp³-hybridized carbons (Fsp3) is 0.333. The summed E-state index contributed by atoms with van der Waals surface area (Å²) in [6.07, 6.45) is 3.76. The molecule has 0 saturated heterocycles. The summed E-state index contributed by atoms with van der Waals surface area (Å²) in [7, 11) is 0. The lowest BCUT2D eigenvalue weighted by Gasteiger charge is -2.29. The lowest BCUT2D eigenvalue weighted by Crippen LogP contribution is -2.31. The van der Waals surface area contributed by atoms with Crippen molar-refractivity contribution in [1.82, 2.24) is 4.90 Å². The van der Waals surface area contributed by atoms with Gasteiger partial charge in [-0.1, -0.05) is 36.4 Å². The lowest BCUT2D eigenvalue weighted by atomic mass is 10.0. The van der Waals surface area contributed by atoms with Crippen LogP contribution in [0.1, 0.15) is 28.7 Å². The van der Waals surface area contributed by atoms with Gasteiger partial charge in [0.25, 0.3) is 0 Å². The van der Waals surface area contributed by atoms with E-state index in [2.05, 4.69) is 47.4 Å². The number of rotatable bonds is 2. The normalized spacial score (nSPS) is 17.4. The lowest BCUT2D eigenvalue weighted by molar-refractivity contribution is 0.0886. The van der Waals surface area contributed by atoms with E-state index in [-0.39, 0.29) is 0 Å². The molecule has 0 spiro atoms. The van der Waals surface area contributed by atoms with Gasteiger partial charge in [-0.15, -0.1) is 0 Å². The summed E-state index contributed by atoms with van der Waals surface area (Å²) < 4.78 is 5.96. The van der Waals surface area contributed by atoms with Crippen molar-refractivity contribution in [3.8, 4) is 5.75 Å². The van der Waals surface area contributed by atoms with Gasteiger partial charge in [0.15, 0.2) is 0 Å². The molecular formula is C18H19NO. The van der Waals surface area contributed by atoms with Gasteiger partial charge in [-0.25, -0.2) is 0 Å². The van der Waals surface area contributed by atoms with Crippen molar-refractivity contribution in [2.75, 3.05) is 6.73 Å². The SMILES string of the molecule is c1ccc(CN2COc3cc4c(cc3C2)CCC4)cc1. The van der Waals surface area contributed by atoms with Crippen LogP contribution >= 0.6 is 0 Å². The Morgan fingerprint density at radius 2 is 1.75 bits per heavy atom. The van der Waals surface area contributed by atoms with E-state index in [4.69, 9.17) is 4.74 Å². The molecule has 4 rings (SSSR count). The molecule has 0 saturated carbocycles. The van der Waals surface area contributed by atoms with E-state index in [9.17, 15) is 0 Å². The Labute approximate surface area is 120 Å². The predicted molar refractivity (Wildman–Crippen MR) is 79.7 cm³/mol. The molecule has 2 aliphatic rings. The first-order valence-corrected chi connectivity index (χ1v) is 7.42. The van der Waals surface area contributed by atoms with Crippen molar-refractivity contribution in [3.63, 3.8) is 0 Å². The van der Waals surface area contributed by atoms with E-state index >= 15 is 0 Å². The van der Waals surface area contributed by atoms with Crippen LogP contribution < -0.4 is 4.74 Å². The molecule has 0 radical (unpaired) electrons. The summed E-state index contributed by atoms with van der Waals surface area (Å²) in [5.41, 5.74) is 5.74. The second-order valence-corrected chi connectivity index (χ2v) is 5.83. The zero-order valence-corrected chi connectivity index (χ0v) is 11.6. The maximum Gasteiger partial charge on any atom is 0.142 e. The zero-order chi connectivity index (χ0) is 13.4. The van der Waals surface area contributed by atoms with Crippen LogP contribution in [0.4, 0.5) is 0 Å². The van der Waals surface area contributed by atoms with Crippen LogP contribution in [0.25, 0.3) is 0 Å². The molecule has 1 heterocycles. The molecule has 102 valence electrons. The Balaban J connectivity index is 1.54. The van der Waals surface area contributed by atoms with Crippen LogP contribution in [0, 0.1) is 0 Å². The molecule has 2 heteroatoms. The summed E-state index contributed by atoms with van der Waals surface area (Å²) in [5, 5.41) is 0. The number of benzene rings is 2. The Kier molecular flexibility index (Phi) is 2.96. The monoisotopic (exact) mass is 265 g/mol. The molecule has 2 nitrogen and oxygen atoms in total. The van der Waals surface area contributed by atoms with Gasteiger partial charge in [0.05, 0.1) is 0 Å². The number of hydrogen-bond donors (Lipinski definition) is 0. The molecular weight excluding hydrogens is 246 g/mol. The Bertz CT molecular complexity index is 621. The van der Waals surface area contributed by atoms with Crippen LogP contribution in [-0.2, 0) is 25.9 Å². The van der Waals surface area contributed by atoms with E-state index in [1.807, 2.05) is 0 Å². The minimum Gasteiger partial charge on any atom is -0.478 e. The highest BCUT2D eigenvalue weighted by atomic mass is 16.5. The van der Waals surface area contributed by atoms with E-state index in [0.29, 0.717) is 6.73 Å². The van der Waals surface area contributed by atoms with Crippen molar-refractivity contribution in [3.05, 3.63) is 64.7 Å². The van der Waals surface area contributed by atoms with Crippen molar-refractivity contribution in [2.24, 2.45) is 0 Å². The molecule has 20 heavy (non-hydrogen) atoms. The molecule has 1 aliphatic carbocycles. The van der Waals surface area contributed by atoms with Crippen LogP contribution in [0.2, 0.25) is 0 Å². The molecule has 0 atom stereocenters. The quantitative estimate of drug-likeness (QED) is 0.823. The number of hydrogen-bond acceptors (Lipinski definition) is 2. The number of aryl methyl sites for hydroxylation is 2. The molecule has 0 aromatic heterocycles. The molecule has 0 N–H and O–H groups in total. The minimum atomic E-state index is 0.695. The Hall–Kier alpha value is -1.80. The average molecular weight is 265 g/mol. The molecule has 0 bridgehead atoms. The number of nitrogens with zero attached hydrogens (tertiary/aromatic N) is 1. The van der Waals surface area contributed by atoms with Gasteiger partial charge >= 0.3 is 0 Å². The smallest absolute Gasteiger partial charge is 0.142 e. The van der Waals surface area contributed by atoms with Gasteiger partial charge < -0.3 is 4.74 Å². The molecule has 0 amide bonds. The van der Waals surface area contributed by atoms with Gasteiger partial charge in [0, 0.05) is 18.7 Å². The van der Waals surface area contributed by atoms with Crippen molar-refractivity contribution in [2.45, 2.75) is 32.4 Å². The maximum atomic E-state index is 5.96.